The van der Waals surface area contributed by atoms with Crippen LogP contribution < -0.4 is 5.56 Å². The highest BCUT2D eigenvalue weighted by atomic mass is 32.1. The highest BCUT2D eigenvalue weighted by molar-refractivity contribution is 7.17. The molecule has 1 aliphatic rings. The molecule has 0 saturated carbocycles. The standard InChI is InChI=1S/C19H23N5O2S/c1-13-12-14(2)24(21-13)7-3-4-17(25)22-8-5-16-20-15-6-11-27-18(15)19(26)23(16)10-9-22/h6,11-12H,3-5,7-10H2,1-2H3. The van der Waals surface area contributed by atoms with Crippen LogP contribution in [0.2, 0.25) is 0 Å². The van der Waals surface area contributed by atoms with Gasteiger partial charge in [0.15, 0.2) is 0 Å². The van der Waals surface area contributed by atoms with E-state index in [1.54, 1.807) is 4.57 Å². The summed E-state index contributed by atoms with van der Waals surface area (Å²) >= 11 is 1.43. The second-order valence-electron chi connectivity index (χ2n) is 7.00. The lowest BCUT2D eigenvalue weighted by atomic mass is 10.2. The van der Waals surface area contributed by atoms with Crippen LogP contribution >= 0.6 is 11.3 Å². The van der Waals surface area contributed by atoms with Crippen LogP contribution in [0, 0.1) is 13.8 Å². The van der Waals surface area contributed by atoms with Crippen molar-refractivity contribution >= 4 is 27.5 Å². The van der Waals surface area contributed by atoms with E-state index >= 15 is 0 Å². The molecule has 0 bridgehead atoms. The summed E-state index contributed by atoms with van der Waals surface area (Å²) in [6.45, 7) is 6.44. The van der Waals surface area contributed by atoms with Crippen LogP contribution in [0.25, 0.3) is 10.2 Å². The topological polar surface area (TPSA) is 73.0 Å². The average molecular weight is 385 g/mol. The average Bonchev–Trinajstić information content (AvgIpc) is 3.15. The molecule has 7 nitrogen and oxygen atoms in total. The lowest BCUT2D eigenvalue weighted by Gasteiger charge is -2.19. The number of hydrogen-bond donors (Lipinski definition) is 0. The fourth-order valence-electron chi connectivity index (χ4n) is 3.67. The summed E-state index contributed by atoms with van der Waals surface area (Å²) < 4.78 is 4.39. The number of nitrogens with zero attached hydrogens (tertiary/aromatic N) is 5. The number of aromatic nitrogens is 4. The van der Waals surface area contributed by atoms with E-state index < -0.39 is 0 Å². The monoisotopic (exact) mass is 385 g/mol. The number of aryl methyl sites for hydroxylation is 3. The van der Waals surface area contributed by atoms with Gasteiger partial charge in [0.05, 0.1) is 11.2 Å². The van der Waals surface area contributed by atoms with Gasteiger partial charge in [-0.05, 0) is 37.8 Å². The highest BCUT2D eigenvalue weighted by Crippen LogP contribution is 2.17. The Morgan fingerprint density at radius 1 is 1.26 bits per heavy atom. The van der Waals surface area contributed by atoms with E-state index in [0.717, 1.165) is 35.7 Å². The van der Waals surface area contributed by atoms with Crippen LogP contribution in [0.1, 0.15) is 30.1 Å². The minimum absolute atomic E-state index is 0.0174. The van der Waals surface area contributed by atoms with Gasteiger partial charge < -0.3 is 4.90 Å². The summed E-state index contributed by atoms with van der Waals surface area (Å²) in [6.07, 6.45) is 1.87. The van der Waals surface area contributed by atoms with Crippen LogP contribution in [0.5, 0.6) is 0 Å². The number of carbonyl (C=O) groups is 1. The Morgan fingerprint density at radius 3 is 2.89 bits per heavy atom. The van der Waals surface area contributed by atoms with E-state index in [2.05, 4.69) is 10.1 Å². The Labute approximate surface area is 161 Å². The molecule has 27 heavy (non-hydrogen) atoms. The molecule has 0 saturated heterocycles. The van der Waals surface area contributed by atoms with Crippen molar-refractivity contribution in [2.24, 2.45) is 0 Å². The van der Waals surface area contributed by atoms with Gasteiger partial charge in [0.1, 0.15) is 10.5 Å². The molecule has 142 valence electrons. The summed E-state index contributed by atoms with van der Waals surface area (Å²) in [7, 11) is 0. The number of hydrogen-bond acceptors (Lipinski definition) is 5. The Kier molecular flexibility index (Phi) is 4.82. The summed E-state index contributed by atoms with van der Waals surface area (Å²) in [5.74, 6) is 0.919. The number of thiophene rings is 1. The van der Waals surface area contributed by atoms with Crippen molar-refractivity contribution in [2.75, 3.05) is 13.1 Å². The molecule has 4 heterocycles. The van der Waals surface area contributed by atoms with Crippen LogP contribution in [0.15, 0.2) is 22.3 Å². The van der Waals surface area contributed by atoms with Crippen molar-refractivity contribution < 1.29 is 4.79 Å². The third kappa shape index (κ3) is 3.53. The zero-order valence-corrected chi connectivity index (χ0v) is 16.5. The predicted molar refractivity (Wildman–Crippen MR) is 105 cm³/mol. The van der Waals surface area contributed by atoms with E-state index in [4.69, 9.17) is 0 Å². The van der Waals surface area contributed by atoms with Gasteiger partial charge >= 0.3 is 0 Å². The van der Waals surface area contributed by atoms with Gasteiger partial charge in [0.25, 0.3) is 5.56 Å². The maximum absolute atomic E-state index is 12.6. The number of rotatable bonds is 4. The molecule has 0 spiro atoms. The maximum atomic E-state index is 12.6. The van der Waals surface area contributed by atoms with Gasteiger partial charge in [0, 0.05) is 44.7 Å². The van der Waals surface area contributed by atoms with Crippen molar-refractivity contribution in [1.82, 2.24) is 24.2 Å². The summed E-state index contributed by atoms with van der Waals surface area (Å²) in [5.41, 5.74) is 2.90. The fraction of sp³-hybridized carbons (Fsp3) is 0.474. The first kappa shape index (κ1) is 17.9. The van der Waals surface area contributed by atoms with Crippen LogP contribution in [-0.2, 0) is 24.3 Å². The van der Waals surface area contributed by atoms with Crippen molar-refractivity contribution in [3.8, 4) is 0 Å². The van der Waals surface area contributed by atoms with Crippen LogP contribution in [-0.4, -0.2) is 43.2 Å². The van der Waals surface area contributed by atoms with Crippen molar-refractivity contribution in [1.29, 1.82) is 0 Å². The third-order valence-electron chi connectivity index (χ3n) is 5.06. The first-order valence-corrected chi connectivity index (χ1v) is 10.2. The first-order chi connectivity index (χ1) is 13.0. The molecular weight excluding hydrogens is 362 g/mol. The molecule has 0 fully saturated rings. The van der Waals surface area contributed by atoms with Crippen molar-refractivity contribution in [2.45, 2.75) is 46.2 Å². The van der Waals surface area contributed by atoms with E-state index in [-0.39, 0.29) is 11.5 Å². The molecule has 1 amide bonds. The lowest BCUT2D eigenvalue weighted by molar-refractivity contribution is -0.131. The Balaban J connectivity index is 1.39. The molecule has 0 unspecified atom stereocenters. The Bertz CT molecular complexity index is 1050. The summed E-state index contributed by atoms with van der Waals surface area (Å²) in [4.78, 5) is 31.8. The van der Waals surface area contributed by atoms with Crippen LogP contribution in [0.3, 0.4) is 0 Å². The maximum Gasteiger partial charge on any atom is 0.271 e. The Morgan fingerprint density at radius 2 is 2.11 bits per heavy atom. The second-order valence-corrected chi connectivity index (χ2v) is 7.92. The molecule has 0 atom stereocenters. The van der Waals surface area contributed by atoms with Gasteiger partial charge in [0.2, 0.25) is 5.91 Å². The molecule has 3 aromatic rings. The first-order valence-electron chi connectivity index (χ1n) is 9.28. The third-order valence-corrected chi connectivity index (χ3v) is 5.95. The van der Waals surface area contributed by atoms with Gasteiger partial charge in [-0.2, -0.15) is 5.10 Å². The SMILES string of the molecule is Cc1cc(C)n(CCCC(=O)N2CCc3nc4ccsc4c(=O)n3CC2)n1. The molecular formula is C19H23N5O2S. The fourth-order valence-corrected chi connectivity index (χ4v) is 4.45. The van der Waals surface area contributed by atoms with E-state index in [1.807, 2.05) is 40.9 Å². The molecule has 0 aromatic carbocycles. The highest BCUT2D eigenvalue weighted by Gasteiger charge is 2.21. The quantitative estimate of drug-likeness (QED) is 0.690. The van der Waals surface area contributed by atoms with E-state index in [9.17, 15) is 9.59 Å². The molecule has 0 N–H and O–H groups in total. The summed E-state index contributed by atoms with van der Waals surface area (Å²) in [6, 6.07) is 3.93. The van der Waals surface area contributed by atoms with Crippen molar-refractivity contribution in [3.63, 3.8) is 0 Å². The largest absolute Gasteiger partial charge is 0.340 e. The zero-order valence-electron chi connectivity index (χ0n) is 15.6. The molecule has 1 aliphatic heterocycles. The summed E-state index contributed by atoms with van der Waals surface area (Å²) in [5, 5.41) is 6.34. The normalized spacial score (nSPS) is 14.4. The molecule has 8 heteroatoms. The second kappa shape index (κ2) is 7.26. The van der Waals surface area contributed by atoms with Crippen molar-refractivity contribution in [3.05, 3.63) is 45.1 Å². The predicted octanol–water partition coefficient (Wildman–Crippen LogP) is 2.14. The van der Waals surface area contributed by atoms with Gasteiger partial charge in [-0.25, -0.2) is 4.98 Å². The smallest absolute Gasteiger partial charge is 0.271 e. The van der Waals surface area contributed by atoms with Gasteiger partial charge in [-0.1, -0.05) is 0 Å². The minimum Gasteiger partial charge on any atom is -0.340 e. The number of fused-ring (bicyclic) bond motifs is 2. The molecule has 4 rings (SSSR count). The van der Waals surface area contributed by atoms with E-state index in [0.29, 0.717) is 37.2 Å². The number of carbonyl (C=O) groups excluding carboxylic acids is 1. The molecule has 3 aromatic heterocycles. The number of amides is 1. The zero-order chi connectivity index (χ0) is 19.0. The Hall–Kier alpha value is -2.48. The lowest BCUT2D eigenvalue weighted by Crippen LogP contribution is -2.34. The van der Waals surface area contributed by atoms with Gasteiger partial charge in [-0.15, -0.1) is 11.3 Å². The molecule has 0 aliphatic carbocycles. The van der Waals surface area contributed by atoms with Crippen LogP contribution in [0.4, 0.5) is 0 Å². The van der Waals surface area contributed by atoms with E-state index in [1.165, 1.54) is 11.3 Å². The molecule has 0 radical (unpaired) electrons. The minimum atomic E-state index is 0.0174. The van der Waals surface area contributed by atoms with Gasteiger partial charge in [-0.3, -0.25) is 18.8 Å².